The molecule has 5 rings (SSSR count). The molecule has 13 heteroatoms. The highest BCUT2D eigenvalue weighted by Gasteiger charge is 2.33. The number of likely N-dealkylation sites (N-methyl/N-ethyl adjacent to an activating group) is 1. The van der Waals surface area contributed by atoms with Gasteiger partial charge in [-0.3, -0.25) is 14.5 Å². The summed E-state index contributed by atoms with van der Waals surface area (Å²) in [6, 6.07) is 5.84. The smallest absolute Gasteiger partial charge is 0.409 e. The van der Waals surface area contributed by atoms with Crippen LogP contribution in [0.4, 0.5) is 9.80 Å². The first-order chi connectivity index (χ1) is 19.7. The Hall–Kier alpha value is -3.00. The minimum absolute atomic E-state index is 0.0234. The molecule has 41 heavy (non-hydrogen) atoms. The van der Waals surface area contributed by atoms with Crippen LogP contribution in [0.3, 0.4) is 0 Å². The van der Waals surface area contributed by atoms with Gasteiger partial charge in [-0.1, -0.05) is 6.92 Å². The number of rotatable bonds is 7. The molecule has 0 bridgehead atoms. The van der Waals surface area contributed by atoms with Crippen molar-refractivity contribution in [2.75, 3.05) is 64.3 Å². The Kier molecular flexibility index (Phi) is 8.97. The number of nitrogens with zero attached hydrogens (tertiary/aromatic N) is 4. The number of nitrogens with one attached hydrogen (secondary N) is 1. The predicted molar refractivity (Wildman–Crippen MR) is 156 cm³/mol. The summed E-state index contributed by atoms with van der Waals surface area (Å²) in [5, 5.41) is 3.53. The molecule has 0 atom stereocenters. The van der Waals surface area contributed by atoms with Gasteiger partial charge >= 0.3 is 6.09 Å². The minimum Gasteiger partial charge on any atom is -0.450 e. The average molecular weight is 604 g/mol. The molecule has 1 N–H and O–H groups in total. The molecule has 3 aliphatic heterocycles. The van der Waals surface area contributed by atoms with E-state index in [4.69, 9.17) is 4.74 Å². The maximum absolute atomic E-state index is 13.5. The summed E-state index contributed by atoms with van der Waals surface area (Å²) in [4.78, 5) is 45.7. The fraction of sp³-hybridized carbons (Fsp3) is 0.536. The quantitative estimate of drug-likeness (QED) is 0.517. The average Bonchev–Trinajstić information content (AvgIpc) is 3.65. The van der Waals surface area contributed by atoms with Gasteiger partial charge in [0.2, 0.25) is 10.0 Å². The van der Waals surface area contributed by atoms with Crippen LogP contribution in [0, 0.1) is 0 Å². The molecule has 0 spiro atoms. The lowest BCUT2D eigenvalue weighted by Crippen LogP contribution is -2.50. The molecule has 2 fully saturated rings. The molecule has 1 aromatic carbocycles. The third-order valence-electron chi connectivity index (χ3n) is 7.94. The second kappa shape index (κ2) is 12.5. The van der Waals surface area contributed by atoms with E-state index < -0.39 is 22.0 Å². The minimum atomic E-state index is -3.79. The molecule has 222 valence electrons. The highest BCUT2D eigenvalue weighted by atomic mass is 32.2. The molecular weight excluding hydrogens is 566 g/mol. The molecule has 2 saturated heterocycles. The van der Waals surface area contributed by atoms with Crippen LogP contribution in [-0.2, 0) is 27.7 Å². The number of carbonyl (C=O) groups excluding carboxylic acids is 3. The van der Waals surface area contributed by atoms with Crippen LogP contribution >= 0.6 is 11.3 Å². The van der Waals surface area contributed by atoms with Crippen molar-refractivity contribution < 1.29 is 27.5 Å². The summed E-state index contributed by atoms with van der Waals surface area (Å²) < 4.78 is 32.8. The Labute approximate surface area is 245 Å². The standard InChI is InChI=1S/C28H37N5O6S2/c1-3-30-14-11-22-23(19-30)40-26(24(22)27(35)31-12-5-6-13-31)29-25(34)20-7-9-21(10-8-20)41(37,38)33-17-15-32(16-18-33)28(36)39-4-2/h7-10H,3-6,11-19H2,1-2H3,(H,29,34). The lowest BCUT2D eigenvalue weighted by atomic mass is 10.0. The molecule has 2 aromatic rings. The van der Waals surface area contributed by atoms with Gasteiger partial charge in [-0.25, -0.2) is 13.2 Å². The van der Waals surface area contributed by atoms with Crippen molar-refractivity contribution >= 4 is 44.3 Å². The molecule has 0 saturated carbocycles. The van der Waals surface area contributed by atoms with E-state index in [0.717, 1.165) is 62.4 Å². The van der Waals surface area contributed by atoms with E-state index in [1.807, 2.05) is 4.90 Å². The van der Waals surface area contributed by atoms with E-state index in [9.17, 15) is 22.8 Å². The van der Waals surface area contributed by atoms with Gasteiger partial charge in [0.25, 0.3) is 11.8 Å². The van der Waals surface area contributed by atoms with Gasteiger partial charge in [0.1, 0.15) is 5.00 Å². The van der Waals surface area contributed by atoms with Crippen molar-refractivity contribution in [3.05, 3.63) is 45.8 Å². The number of amides is 3. The molecule has 4 heterocycles. The molecule has 0 radical (unpaired) electrons. The predicted octanol–water partition coefficient (Wildman–Crippen LogP) is 3.08. The highest BCUT2D eigenvalue weighted by molar-refractivity contribution is 7.89. The number of fused-ring (bicyclic) bond motifs is 1. The van der Waals surface area contributed by atoms with Crippen LogP contribution in [-0.4, -0.2) is 104 Å². The van der Waals surface area contributed by atoms with E-state index in [2.05, 4.69) is 17.1 Å². The number of hydrogen-bond acceptors (Lipinski definition) is 8. The van der Waals surface area contributed by atoms with E-state index in [1.165, 1.54) is 44.8 Å². The molecule has 0 aliphatic carbocycles. The van der Waals surface area contributed by atoms with Crippen LogP contribution in [0.5, 0.6) is 0 Å². The third kappa shape index (κ3) is 6.13. The first-order valence-corrected chi connectivity index (χ1v) is 16.5. The first kappa shape index (κ1) is 29.5. The Morgan fingerprint density at radius 3 is 2.24 bits per heavy atom. The van der Waals surface area contributed by atoms with Crippen molar-refractivity contribution in [3.8, 4) is 0 Å². The number of benzene rings is 1. The molecule has 0 unspecified atom stereocenters. The SMILES string of the molecule is CCOC(=O)N1CCN(S(=O)(=O)c2ccc(C(=O)Nc3sc4c(c3C(=O)N3CCCC3)CCN(CC)C4)cc2)CC1. The fourth-order valence-electron chi connectivity index (χ4n) is 5.55. The summed E-state index contributed by atoms with van der Waals surface area (Å²) in [5.41, 5.74) is 1.95. The normalized spacial score (nSPS) is 18.3. The Morgan fingerprint density at radius 1 is 0.927 bits per heavy atom. The van der Waals surface area contributed by atoms with Crippen LogP contribution < -0.4 is 5.32 Å². The number of ether oxygens (including phenoxy) is 1. The maximum atomic E-state index is 13.5. The summed E-state index contributed by atoms with van der Waals surface area (Å²) in [6.45, 7) is 8.94. The lowest BCUT2D eigenvalue weighted by molar-refractivity contribution is 0.0792. The number of sulfonamides is 1. The van der Waals surface area contributed by atoms with Gasteiger partial charge in [0.15, 0.2) is 0 Å². The van der Waals surface area contributed by atoms with Crippen LogP contribution in [0.15, 0.2) is 29.2 Å². The van der Waals surface area contributed by atoms with Gasteiger partial charge in [0, 0.05) is 62.8 Å². The van der Waals surface area contributed by atoms with Crippen molar-refractivity contribution in [1.82, 2.24) is 19.0 Å². The van der Waals surface area contributed by atoms with E-state index in [1.54, 1.807) is 6.92 Å². The highest BCUT2D eigenvalue weighted by Crippen LogP contribution is 2.38. The first-order valence-electron chi connectivity index (χ1n) is 14.2. The molecule has 1 aromatic heterocycles. The van der Waals surface area contributed by atoms with Crippen LogP contribution in [0.25, 0.3) is 0 Å². The fourth-order valence-corrected chi connectivity index (χ4v) is 8.25. The Morgan fingerprint density at radius 2 is 1.61 bits per heavy atom. The van der Waals surface area contributed by atoms with Gasteiger partial charge in [-0.2, -0.15) is 4.31 Å². The number of anilines is 1. The summed E-state index contributed by atoms with van der Waals surface area (Å²) in [5.74, 6) is -0.414. The van der Waals surface area contributed by atoms with Gasteiger partial charge < -0.3 is 19.9 Å². The van der Waals surface area contributed by atoms with Gasteiger partial charge in [0.05, 0.1) is 17.1 Å². The lowest BCUT2D eigenvalue weighted by Gasteiger charge is -2.33. The molecule has 11 nitrogen and oxygen atoms in total. The number of piperazine rings is 1. The van der Waals surface area contributed by atoms with Crippen LogP contribution in [0.2, 0.25) is 0 Å². The zero-order valence-corrected chi connectivity index (χ0v) is 25.2. The van der Waals surface area contributed by atoms with Gasteiger partial charge in [-0.05, 0) is 62.6 Å². The van der Waals surface area contributed by atoms with Crippen LogP contribution in [0.1, 0.15) is 57.8 Å². The topological polar surface area (TPSA) is 120 Å². The number of carbonyl (C=O) groups is 3. The number of hydrogen-bond donors (Lipinski definition) is 1. The van der Waals surface area contributed by atoms with Crippen molar-refractivity contribution in [2.45, 2.75) is 44.6 Å². The second-order valence-corrected chi connectivity index (χ2v) is 13.4. The Balaban J connectivity index is 1.30. The molecule has 3 amide bonds. The van der Waals surface area contributed by atoms with Crippen molar-refractivity contribution in [1.29, 1.82) is 0 Å². The summed E-state index contributed by atoms with van der Waals surface area (Å²) in [7, 11) is -3.79. The van der Waals surface area contributed by atoms with E-state index in [0.29, 0.717) is 16.1 Å². The zero-order valence-electron chi connectivity index (χ0n) is 23.6. The third-order valence-corrected chi connectivity index (χ3v) is 11.0. The number of likely N-dealkylation sites (tertiary alicyclic amines) is 1. The monoisotopic (exact) mass is 603 g/mol. The van der Waals surface area contributed by atoms with E-state index in [-0.39, 0.29) is 43.6 Å². The summed E-state index contributed by atoms with van der Waals surface area (Å²) in [6.07, 6.45) is 2.30. The largest absolute Gasteiger partial charge is 0.450 e. The van der Waals surface area contributed by atoms with Gasteiger partial charge in [-0.15, -0.1) is 11.3 Å². The molecule has 3 aliphatic rings. The van der Waals surface area contributed by atoms with E-state index >= 15 is 0 Å². The van der Waals surface area contributed by atoms with Crippen molar-refractivity contribution in [2.24, 2.45) is 0 Å². The number of thiophene rings is 1. The maximum Gasteiger partial charge on any atom is 0.409 e. The molecular formula is C28H37N5O6S2. The Bertz CT molecular complexity index is 1390. The zero-order chi connectivity index (χ0) is 29.1. The summed E-state index contributed by atoms with van der Waals surface area (Å²) >= 11 is 1.46. The van der Waals surface area contributed by atoms with Crippen molar-refractivity contribution in [3.63, 3.8) is 0 Å². The second-order valence-electron chi connectivity index (χ2n) is 10.4.